The molecule has 0 bridgehead atoms. The molecule has 16 heavy (non-hydrogen) atoms. The Balaban J connectivity index is 2.46. The third kappa shape index (κ3) is 3.43. The Morgan fingerprint density at radius 3 is 2.50 bits per heavy atom. The van der Waals surface area contributed by atoms with Crippen LogP contribution in [0.25, 0.3) is 0 Å². The van der Waals surface area contributed by atoms with Crippen LogP contribution in [0.4, 0.5) is 0 Å². The van der Waals surface area contributed by atoms with Crippen molar-refractivity contribution in [3.05, 3.63) is 0 Å². The maximum absolute atomic E-state index is 12.1. The van der Waals surface area contributed by atoms with Gasteiger partial charge in [-0.1, -0.05) is 13.3 Å². The average Bonchev–Trinajstić information content (AvgIpc) is 2.19. The zero-order chi connectivity index (χ0) is 12.2. The molecule has 1 atom stereocenters. The van der Waals surface area contributed by atoms with Gasteiger partial charge in [0.2, 0.25) is 10.0 Å². The molecule has 0 saturated heterocycles. The molecule has 0 heterocycles. The van der Waals surface area contributed by atoms with Crippen LogP contribution in [-0.2, 0) is 10.0 Å². The van der Waals surface area contributed by atoms with Gasteiger partial charge in [0.1, 0.15) is 0 Å². The Morgan fingerprint density at radius 1 is 1.44 bits per heavy atom. The molecule has 4 nitrogen and oxygen atoms in total. The molecule has 96 valence electrons. The Labute approximate surface area is 99.5 Å². The van der Waals surface area contributed by atoms with E-state index < -0.39 is 10.0 Å². The molecule has 0 aromatic carbocycles. The van der Waals surface area contributed by atoms with Crippen LogP contribution >= 0.6 is 0 Å². The lowest BCUT2D eigenvalue weighted by molar-refractivity contribution is 0.262. The van der Waals surface area contributed by atoms with Gasteiger partial charge in [-0.05, 0) is 32.2 Å². The summed E-state index contributed by atoms with van der Waals surface area (Å²) in [5.41, 5.74) is 0. The molecular formula is C11H24N2O2S. The van der Waals surface area contributed by atoms with E-state index >= 15 is 0 Å². The highest BCUT2D eigenvalue weighted by atomic mass is 32.2. The van der Waals surface area contributed by atoms with Crippen LogP contribution < -0.4 is 5.32 Å². The zero-order valence-corrected chi connectivity index (χ0v) is 11.4. The zero-order valence-electron chi connectivity index (χ0n) is 10.6. The maximum atomic E-state index is 12.1. The summed E-state index contributed by atoms with van der Waals surface area (Å²) in [4.78, 5) is 0. The van der Waals surface area contributed by atoms with E-state index in [1.54, 1.807) is 18.3 Å². The standard InChI is InChI=1S/C11H24N2O2S/c1-4-12-8-10(2)16(14,15)13(3)9-11-6-5-7-11/h10-12H,4-9H2,1-3H3. The van der Waals surface area contributed by atoms with Crippen LogP contribution in [-0.4, -0.2) is 44.7 Å². The molecule has 1 N–H and O–H groups in total. The molecule has 0 aliphatic heterocycles. The molecule has 5 heteroatoms. The van der Waals surface area contributed by atoms with Gasteiger partial charge in [-0.15, -0.1) is 0 Å². The van der Waals surface area contributed by atoms with Crippen LogP contribution in [0.5, 0.6) is 0 Å². The summed E-state index contributed by atoms with van der Waals surface area (Å²) in [6.07, 6.45) is 3.62. The molecule has 1 rings (SSSR count). The minimum Gasteiger partial charge on any atom is -0.316 e. The van der Waals surface area contributed by atoms with Crippen molar-refractivity contribution in [1.82, 2.24) is 9.62 Å². The van der Waals surface area contributed by atoms with Crippen LogP contribution in [0.3, 0.4) is 0 Å². The third-order valence-electron chi connectivity index (χ3n) is 3.36. The summed E-state index contributed by atoms with van der Waals surface area (Å²) in [6.45, 7) is 5.80. The van der Waals surface area contributed by atoms with E-state index in [0.717, 1.165) is 6.54 Å². The van der Waals surface area contributed by atoms with E-state index in [2.05, 4.69) is 5.32 Å². The summed E-state index contributed by atoms with van der Waals surface area (Å²) >= 11 is 0. The molecule has 0 radical (unpaired) electrons. The van der Waals surface area contributed by atoms with E-state index in [4.69, 9.17) is 0 Å². The number of nitrogens with zero attached hydrogens (tertiary/aromatic N) is 1. The number of hydrogen-bond acceptors (Lipinski definition) is 3. The van der Waals surface area contributed by atoms with Crippen molar-refractivity contribution in [1.29, 1.82) is 0 Å². The second-order valence-electron chi connectivity index (χ2n) is 4.74. The van der Waals surface area contributed by atoms with E-state index in [9.17, 15) is 8.42 Å². The number of hydrogen-bond donors (Lipinski definition) is 1. The van der Waals surface area contributed by atoms with Gasteiger partial charge in [-0.3, -0.25) is 0 Å². The molecule has 0 amide bonds. The number of sulfonamides is 1. The number of rotatable bonds is 7. The minimum absolute atomic E-state index is 0.336. The van der Waals surface area contributed by atoms with Gasteiger partial charge in [-0.25, -0.2) is 12.7 Å². The largest absolute Gasteiger partial charge is 0.316 e. The van der Waals surface area contributed by atoms with Crippen molar-refractivity contribution in [2.75, 3.05) is 26.7 Å². The van der Waals surface area contributed by atoms with Crippen molar-refractivity contribution in [2.24, 2.45) is 5.92 Å². The fourth-order valence-electron chi connectivity index (χ4n) is 1.90. The molecule has 1 aliphatic carbocycles. The first-order chi connectivity index (χ1) is 7.48. The van der Waals surface area contributed by atoms with Crippen LogP contribution in [0.15, 0.2) is 0 Å². The molecule has 0 aromatic rings. The Bertz CT molecular complexity index is 299. The van der Waals surface area contributed by atoms with Crippen LogP contribution in [0, 0.1) is 5.92 Å². The van der Waals surface area contributed by atoms with Crippen molar-refractivity contribution >= 4 is 10.0 Å². The predicted molar refractivity (Wildman–Crippen MR) is 66.9 cm³/mol. The Hall–Kier alpha value is -0.130. The fourth-order valence-corrected chi connectivity index (χ4v) is 3.26. The molecule has 0 aromatic heterocycles. The summed E-state index contributed by atoms with van der Waals surface area (Å²) in [5, 5.41) is 2.75. The fraction of sp³-hybridized carbons (Fsp3) is 1.00. The van der Waals surface area contributed by atoms with Gasteiger partial charge in [0.05, 0.1) is 5.25 Å². The average molecular weight is 248 g/mol. The molecule has 1 fully saturated rings. The van der Waals surface area contributed by atoms with Crippen LogP contribution in [0.1, 0.15) is 33.1 Å². The predicted octanol–water partition coefficient (Wildman–Crippen LogP) is 1.05. The molecule has 1 unspecified atom stereocenters. The second kappa shape index (κ2) is 5.98. The van der Waals surface area contributed by atoms with Crippen LogP contribution in [0.2, 0.25) is 0 Å². The van der Waals surface area contributed by atoms with Crippen molar-refractivity contribution in [3.8, 4) is 0 Å². The summed E-state index contributed by atoms with van der Waals surface area (Å²) in [6, 6.07) is 0. The first-order valence-electron chi connectivity index (χ1n) is 6.14. The summed E-state index contributed by atoms with van der Waals surface area (Å²) in [7, 11) is -1.41. The van der Waals surface area contributed by atoms with Crippen molar-refractivity contribution in [3.63, 3.8) is 0 Å². The smallest absolute Gasteiger partial charge is 0.217 e. The lowest BCUT2D eigenvalue weighted by atomic mass is 9.86. The third-order valence-corrected chi connectivity index (χ3v) is 5.57. The number of nitrogens with one attached hydrogen (secondary N) is 1. The van der Waals surface area contributed by atoms with E-state index in [-0.39, 0.29) is 5.25 Å². The van der Waals surface area contributed by atoms with Gasteiger partial charge in [-0.2, -0.15) is 0 Å². The summed E-state index contributed by atoms with van der Waals surface area (Å²) in [5.74, 6) is 0.589. The molecule has 1 aliphatic rings. The lowest BCUT2D eigenvalue weighted by Gasteiger charge is -2.31. The minimum atomic E-state index is -3.11. The monoisotopic (exact) mass is 248 g/mol. The summed E-state index contributed by atoms with van der Waals surface area (Å²) < 4.78 is 25.7. The van der Waals surface area contributed by atoms with Gasteiger partial charge >= 0.3 is 0 Å². The topological polar surface area (TPSA) is 49.4 Å². The van der Waals surface area contributed by atoms with Gasteiger partial charge in [0.25, 0.3) is 0 Å². The molecule has 0 spiro atoms. The Kier molecular flexibility index (Phi) is 5.21. The molecule has 1 saturated carbocycles. The van der Waals surface area contributed by atoms with E-state index in [1.807, 2.05) is 6.92 Å². The van der Waals surface area contributed by atoms with Gasteiger partial charge in [0, 0.05) is 20.1 Å². The highest BCUT2D eigenvalue weighted by molar-refractivity contribution is 7.89. The lowest BCUT2D eigenvalue weighted by Crippen LogP contribution is -2.42. The highest BCUT2D eigenvalue weighted by Crippen LogP contribution is 2.27. The van der Waals surface area contributed by atoms with Crippen molar-refractivity contribution in [2.45, 2.75) is 38.4 Å². The highest BCUT2D eigenvalue weighted by Gasteiger charge is 2.29. The van der Waals surface area contributed by atoms with E-state index in [1.165, 1.54) is 19.3 Å². The second-order valence-corrected chi connectivity index (χ2v) is 7.20. The van der Waals surface area contributed by atoms with Gasteiger partial charge in [0.15, 0.2) is 0 Å². The Morgan fingerprint density at radius 2 is 2.06 bits per heavy atom. The van der Waals surface area contributed by atoms with E-state index in [0.29, 0.717) is 19.0 Å². The SMILES string of the molecule is CCNCC(C)S(=O)(=O)N(C)CC1CCC1. The normalized spacial score (nSPS) is 19.8. The quantitative estimate of drug-likeness (QED) is 0.732. The van der Waals surface area contributed by atoms with Crippen molar-refractivity contribution < 1.29 is 8.42 Å². The maximum Gasteiger partial charge on any atom is 0.217 e. The molecular weight excluding hydrogens is 224 g/mol. The first kappa shape index (κ1) is 13.9. The first-order valence-corrected chi connectivity index (χ1v) is 7.64. The van der Waals surface area contributed by atoms with Gasteiger partial charge < -0.3 is 5.32 Å².